The molecule has 5 nitrogen and oxygen atoms in total. The van der Waals surface area contributed by atoms with Gasteiger partial charge in [0.15, 0.2) is 5.72 Å². The van der Waals surface area contributed by atoms with Crippen molar-refractivity contribution < 1.29 is 19.0 Å². The maximum Gasteiger partial charge on any atom is 0.251 e. The Morgan fingerprint density at radius 3 is 2.36 bits per heavy atom. The lowest BCUT2D eigenvalue weighted by atomic mass is 10.0. The van der Waals surface area contributed by atoms with E-state index in [1.807, 2.05) is 0 Å². The van der Waals surface area contributed by atoms with E-state index in [1.54, 1.807) is 20.8 Å². The van der Waals surface area contributed by atoms with Gasteiger partial charge in [0.1, 0.15) is 6.10 Å². The standard InChI is InChI=1S/C9H17NO4/c1-6-7(11)10-8(2,12-4)9(3,13-5)14-6/h6H,1-5H3,(H,10,11)/t6-,8+,9-/m0/s1. The SMILES string of the molecule is CO[C@@]1(C)O[C@@H](C)C(=O)N[C@]1(C)OC. The summed E-state index contributed by atoms with van der Waals surface area (Å²) < 4.78 is 15.9. The molecular formula is C9H17NO4. The Balaban J connectivity index is 2.97. The van der Waals surface area contributed by atoms with Gasteiger partial charge in [-0.15, -0.1) is 0 Å². The van der Waals surface area contributed by atoms with Crippen LogP contribution in [0, 0.1) is 0 Å². The molecule has 82 valence electrons. The summed E-state index contributed by atoms with van der Waals surface area (Å²) in [6, 6.07) is 0. The molecule has 1 aliphatic rings. The van der Waals surface area contributed by atoms with Gasteiger partial charge in [0, 0.05) is 14.2 Å². The summed E-state index contributed by atoms with van der Waals surface area (Å²) in [6.45, 7) is 5.11. The largest absolute Gasteiger partial charge is 0.354 e. The number of hydrogen-bond donors (Lipinski definition) is 1. The van der Waals surface area contributed by atoms with Gasteiger partial charge in [-0.2, -0.15) is 0 Å². The highest BCUT2D eigenvalue weighted by Gasteiger charge is 2.53. The van der Waals surface area contributed by atoms with Crippen molar-refractivity contribution in [2.24, 2.45) is 0 Å². The number of amides is 1. The molecule has 0 aromatic carbocycles. The number of morpholine rings is 1. The zero-order valence-electron chi connectivity index (χ0n) is 9.21. The second-order valence-corrected chi connectivity index (χ2v) is 3.64. The smallest absolute Gasteiger partial charge is 0.251 e. The third-order valence-corrected chi connectivity index (χ3v) is 2.80. The van der Waals surface area contributed by atoms with Gasteiger partial charge < -0.3 is 19.5 Å². The summed E-state index contributed by atoms with van der Waals surface area (Å²) in [5.74, 6) is -1.18. The van der Waals surface area contributed by atoms with Crippen molar-refractivity contribution in [1.29, 1.82) is 0 Å². The molecule has 0 unspecified atom stereocenters. The summed E-state index contributed by atoms with van der Waals surface area (Å²) in [4.78, 5) is 11.4. The number of methoxy groups -OCH3 is 2. The van der Waals surface area contributed by atoms with Gasteiger partial charge >= 0.3 is 0 Å². The molecule has 1 aliphatic heterocycles. The zero-order chi connectivity index (χ0) is 11.0. The number of nitrogens with one attached hydrogen (secondary N) is 1. The first kappa shape index (κ1) is 11.4. The van der Waals surface area contributed by atoms with Crippen molar-refractivity contribution >= 4 is 5.91 Å². The molecule has 0 spiro atoms. The molecule has 0 bridgehead atoms. The first-order valence-electron chi connectivity index (χ1n) is 4.48. The molecule has 1 saturated heterocycles. The van der Waals surface area contributed by atoms with Crippen LogP contribution in [0.3, 0.4) is 0 Å². The minimum atomic E-state index is -0.977. The highest BCUT2D eigenvalue weighted by Crippen LogP contribution is 2.32. The van der Waals surface area contributed by atoms with Crippen LogP contribution in [0.2, 0.25) is 0 Å². The van der Waals surface area contributed by atoms with Crippen molar-refractivity contribution in [3.05, 3.63) is 0 Å². The molecule has 1 fully saturated rings. The van der Waals surface area contributed by atoms with E-state index in [1.165, 1.54) is 14.2 Å². The average molecular weight is 203 g/mol. The zero-order valence-corrected chi connectivity index (χ0v) is 9.21. The molecular weight excluding hydrogens is 186 g/mol. The summed E-state index contributed by atoms with van der Waals surface area (Å²) in [6.07, 6.45) is -0.539. The van der Waals surface area contributed by atoms with E-state index in [2.05, 4.69) is 5.32 Å². The molecule has 0 aliphatic carbocycles. The van der Waals surface area contributed by atoms with Gasteiger partial charge in [0.05, 0.1) is 0 Å². The van der Waals surface area contributed by atoms with Crippen LogP contribution in [0.4, 0.5) is 0 Å². The fourth-order valence-electron chi connectivity index (χ4n) is 1.43. The Bertz CT molecular complexity index is 245. The Labute approximate surface area is 83.7 Å². The van der Waals surface area contributed by atoms with Gasteiger partial charge in [-0.3, -0.25) is 4.79 Å². The van der Waals surface area contributed by atoms with E-state index >= 15 is 0 Å². The van der Waals surface area contributed by atoms with Crippen LogP contribution in [0.1, 0.15) is 20.8 Å². The summed E-state index contributed by atoms with van der Waals surface area (Å²) in [5.41, 5.74) is -0.967. The first-order chi connectivity index (χ1) is 6.38. The summed E-state index contributed by atoms with van der Waals surface area (Å²) in [7, 11) is 3.01. The molecule has 1 N–H and O–H groups in total. The maximum absolute atomic E-state index is 11.4. The molecule has 1 heterocycles. The summed E-state index contributed by atoms with van der Waals surface area (Å²) in [5, 5.41) is 2.72. The lowest BCUT2D eigenvalue weighted by Crippen LogP contribution is -2.71. The summed E-state index contributed by atoms with van der Waals surface area (Å²) >= 11 is 0. The normalized spacial score (nSPS) is 43.5. The van der Waals surface area contributed by atoms with E-state index in [4.69, 9.17) is 14.2 Å². The quantitative estimate of drug-likeness (QED) is 0.698. The van der Waals surface area contributed by atoms with E-state index in [-0.39, 0.29) is 5.91 Å². The van der Waals surface area contributed by atoms with Crippen LogP contribution in [-0.2, 0) is 19.0 Å². The predicted octanol–water partition coefficient (Wildman–Crippen LogP) is 0.246. The minimum absolute atomic E-state index is 0.205. The van der Waals surface area contributed by atoms with E-state index < -0.39 is 17.6 Å². The molecule has 5 heteroatoms. The first-order valence-corrected chi connectivity index (χ1v) is 4.48. The van der Waals surface area contributed by atoms with Gasteiger partial charge in [0.25, 0.3) is 5.91 Å². The fraction of sp³-hybridized carbons (Fsp3) is 0.889. The Kier molecular flexibility index (Phi) is 2.85. The fourth-order valence-corrected chi connectivity index (χ4v) is 1.43. The number of carbonyl (C=O) groups excluding carboxylic acids is 1. The maximum atomic E-state index is 11.4. The number of carbonyl (C=O) groups is 1. The van der Waals surface area contributed by atoms with Crippen LogP contribution in [0.5, 0.6) is 0 Å². The Hall–Kier alpha value is -0.650. The van der Waals surface area contributed by atoms with Crippen molar-refractivity contribution in [1.82, 2.24) is 5.32 Å². The van der Waals surface area contributed by atoms with Gasteiger partial charge in [-0.1, -0.05) is 0 Å². The van der Waals surface area contributed by atoms with Crippen LogP contribution in [0.15, 0.2) is 0 Å². The van der Waals surface area contributed by atoms with Crippen LogP contribution in [0.25, 0.3) is 0 Å². The van der Waals surface area contributed by atoms with Gasteiger partial charge in [-0.05, 0) is 20.8 Å². The Morgan fingerprint density at radius 2 is 1.93 bits per heavy atom. The topological polar surface area (TPSA) is 56.8 Å². The van der Waals surface area contributed by atoms with Crippen molar-refractivity contribution in [2.75, 3.05) is 14.2 Å². The van der Waals surface area contributed by atoms with Crippen LogP contribution in [-0.4, -0.2) is 37.7 Å². The van der Waals surface area contributed by atoms with E-state index in [9.17, 15) is 4.79 Å². The molecule has 3 atom stereocenters. The van der Waals surface area contributed by atoms with Crippen molar-refractivity contribution in [3.8, 4) is 0 Å². The highest BCUT2D eigenvalue weighted by atomic mass is 16.7. The highest BCUT2D eigenvalue weighted by molar-refractivity contribution is 5.81. The average Bonchev–Trinajstić information content (AvgIpc) is 2.15. The minimum Gasteiger partial charge on any atom is -0.354 e. The third kappa shape index (κ3) is 1.51. The molecule has 0 radical (unpaired) electrons. The third-order valence-electron chi connectivity index (χ3n) is 2.80. The van der Waals surface area contributed by atoms with Gasteiger partial charge in [0.2, 0.25) is 5.79 Å². The number of rotatable bonds is 2. The van der Waals surface area contributed by atoms with Crippen LogP contribution < -0.4 is 5.32 Å². The van der Waals surface area contributed by atoms with Crippen molar-refractivity contribution in [2.45, 2.75) is 38.4 Å². The number of ether oxygens (including phenoxy) is 3. The molecule has 1 rings (SSSR count). The number of hydrogen-bond acceptors (Lipinski definition) is 4. The van der Waals surface area contributed by atoms with Crippen LogP contribution >= 0.6 is 0 Å². The monoisotopic (exact) mass is 203 g/mol. The Morgan fingerprint density at radius 1 is 1.36 bits per heavy atom. The van der Waals surface area contributed by atoms with E-state index in [0.717, 1.165) is 0 Å². The molecule has 0 saturated carbocycles. The van der Waals surface area contributed by atoms with E-state index in [0.29, 0.717) is 0 Å². The molecule has 0 aromatic rings. The molecule has 14 heavy (non-hydrogen) atoms. The second-order valence-electron chi connectivity index (χ2n) is 3.64. The van der Waals surface area contributed by atoms with Gasteiger partial charge in [-0.25, -0.2) is 0 Å². The van der Waals surface area contributed by atoms with Crippen molar-refractivity contribution in [3.63, 3.8) is 0 Å². The molecule has 1 amide bonds. The lowest BCUT2D eigenvalue weighted by molar-refractivity contribution is -0.335. The second kappa shape index (κ2) is 3.49. The molecule has 0 aromatic heterocycles. The predicted molar refractivity (Wildman–Crippen MR) is 49.5 cm³/mol. The lowest BCUT2D eigenvalue weighted by Gasteiger charge is -2.48.